The van der Waals surface area contributed by atoms with Gasteiger partial charge in [-0.3, -0.25) is 0 Å². The van der Waals surface area contributed by atoms with E-state index >= 15 is 0 Å². The Morgan fingerprint density at radius 2 is 2.11 bits per heavy atom. The topological polar surface area (TPSA) is 76.0 Å². The van der Waals surface area contributed by atoms with Crippen molar-refractivity contribution in [1.29, 1.82) is 0 Å². The molecule has 0 radical (unpaired) electrons. The fourth-order valence-corrected chi connectivity index (χ4v) is 3.07. The van der Waals surface area contributed by atoms with Gasteiger partial charge in [-0.2, -0.15) is 4.99 Å². The van der Waals surface area contributed by atoms with E-state index in [-0.39, 0.29) is 11.5 Å². The Bertz CT molecular complexity index is 560. The van der Waals surface area contributed by atoms with Crippen LogP contribution in [0.3, 0.4) is 0 Å². The van der Waals surface area contributed by atoms with E-state index in [2.05, 4.69) is 4.99 Å². The normalized spacial score (nSPS) is 14.9. The SMILES string of the molecule is CC(C)(C)Oc1sc(N=C=O)c(C2CC2)c1C(=O)O. The summed E-state index contributed by atoms with van der Waals surface area (Å²) < 4.78 is 5.69. The molecule has 0 bridgehead atoms. The van der Waals surface area contributed by atoms with Crippen LogP contribution < -0.4 is 4.74 Å². The van der Waals surface area contributed by atoms with E-state index < -0.39 is 11.6 Å². The number of nitrogens with zero attached hydrogens (tertiary/aromatic N) is 1. The molecule has 1 N–H and O–H groups in total. The van der Waals surface area contributed by atoms with Crippen LogP contribution in [0.1, 0.15) is 55.5 Å². The highest BCUT2D eigenvalue weighted by atomic mass is 32.1. The lowest BCUT2D eigenvalue weighted by molar-refractivity contribution is 0.0683. The number of aromatic carboxylic acids is 1. The molecule has 5 nitrogen and oxygen atoms in total. The van der Waals surface area contributed by atoms with E-state index in [1.165, 1.54) is 6.08 Å². The summed E-state index contributed by atoms with van der Waals surface area (Å²) in [5.41, 5.74) is 0.273. The molecule has 1 fully saturated rings. The molecule has 1 heterocycles. The minimum atomic E-state index is -1.04. The molecule has 0 spiro atoms. The summed E-state index contributed by atoms with van der Waals surface area (Å²) >= 11 is 1.10. The largest absolute Gasteiger partial charge is 0.478 e. The molecule has 0 aromatic carbocycles. The van der Waals surface area contributed by atoms with Gasteiger partial charge in [-0.15, -0.1) is 0 Å². The number of carboxylic acids is 1. The van der Waals surface area contributed by atoms with Crippen molar-refractivity contribution in [2.24, 2.45) is 4.99 Å². The third kappa shape index (κ3) is 3.03. The molecule has 102 valence electrons. The van der Waals surface area contributed by atoms with Crippen LogP contribution in [0.2, 0.25) is 0 Å². The first-order valence-corrected chi connectivity index (χ1v) is 6.82. The van der Waals surface area contributed by atoms with Crippen molar-refractivity contribution in [2.75, 3.05) is 0 Å². The number of aliphatic imine (C=N–C) groups is 1. The molecule has 0 unspecified atom stereocenters. The van der Waals surface area contributed by atoms with Gasteiger partial charge in [-0.1, -0.05) is 11.3 Å². The summed E-state index contributed by atoms with van der Waals surface area (Å²) in [6, 6.07) is 0. The second-order valence-electron chi connectivity index (χ2n) is 5.48. The molecule has 1 saturated carbocycles. The number of carboxylic acid groups (broad SMARTS) is 1. The lowest BCUT2D eigenvalue weighted by Gasteiger charge is -2.20. The van der Waals surface area contributed by atoms with E-state index in [4.69, 9.17) is 4.74 Å². The van der Waals surface area contributed by atoms with Crippen molar-refractivity contribution >= 4 is 28.4 Å². The zero-order valence-corrected chi connectivity index (χ0v) is 11.8. The van der Waals surface area contributed by atoms with Crippen LogP contribution in [0.4, 0.5) is 5.00 Å². The minimum Gasteiger partial charge on any atom is -0.478 e. The van der Waals surface area contributed by atoms with Gasteiger partial charge < -0.3 is 9.84 Å². The summed E-state index contributed by atoms with van der Waals surface area (Å²) in [5.74, 6) is -0.864. The molecule has 0 saturated heterocycles. The van der Waals surface area contributed by atoms with Gasteiger partial charge in [0.25, 0.3) is 0 Å². The highest BCUT2D eigenvalue weighted by molar-refractivity contribution is 7.18. The van der Waals surface area contributed by atoms with Crippen molar-refractivity contribution in [3.63, 3.8) is 0 Å². The van der Waals surface area contributed by atoms with E-state index in [0.717, 1.165) is 24.2 Å². The van der Waals surface area contributed by atoms with E-state index in [9.17, 15) is 14.7 Å². The summed E-state index contributed by atoms with van der Waals surface area (Å²) in [6.07, 6.45) is 3.33. The van der Waals surface area contributed by atoms with E-state index in [1.54, 1.807) is 0 Å². The molecule has 0 aliphatic heterocycles. The maximum atomic E-state index is 11.5. The van der Waals surface area contributed by atoms with Crippen molar-refractivity contribution in [1.82, 2.24) is 0 Å². The Morgan fingerprint density at radius 3 is 2.53 bits per heavy atom. The number of carbonyl (C=O) groups is 1. The first-order valence-electron chi connectivity index (χ1n) is 6.00. The number of isocyanates is 1. The summed E-state index contributed by atoms with van der Waals surface area (Å²) in [7, 11) is 0. The molecule has 0 amide bonds. The average molecular weight is 281 g/mol. The zero-order chi connectivity index (χ0) is 14.2. The third-order valence-corrected chi connectivity index (χ3v) is 3.62. The minimum absolute atomic E-state index is 0.149. The lowest BCUT2D eigenvalue weighted by atomic mass is 10.1. The number of hydrogen-bond donors (Lipinski definition) is 1. The number of thiophene rings is 1. The number of hydrogen-bond acceptors (Lipinski definition) is 5. The zero-order valence-electron chi connectivity index (χ0n) is 11.0. The van der Waals surface area contributed by atoms with Crippen molar-refractivity contribution < 1.29 is 19.4 Å². The summed E-state index contributed by atoms with van der Waals surface area (Å²) in [5, 5.41) is 10.1. The molecule has 1 aromatic rings. The van der Waals surface area contributed by atoms with E-state index in [0.29, 0.717) is 15.6 Å². The Balaban J connectivity index is 2.56. The number of carbonyl (C=O) groups excluding carboxylic acids is 1. The van der Waals surface area contributed by atoms with Crippen LogP contribution in [-0.2, 0) is 4.79 Å². The number of ether oxygens (including phenoxy) is 1. The molecule has 1 aliphatic rings. The molecular formula is C13H15NO4S. The molecule has 1 aliphatic carbocycles. The Kier molecular flexibility index (Phi) is 3.47. The molecule has 2 rings (SSSR count). The Hall–Kier alpha value is -1.65. The van der Waals surface area contributed by atoms with Crippen LogP contribution in [0.15, 0.2) is 4.99 Å². The highest BCUT2D eigenvalue weighted by Gasteiger charge is 2.36. The predicted molar refractivity (Wildman–Crippen MR) is 71.4 cm³/mol. The van der Waals surface area contributed by atoms with Gasteiger partial charge in [-0.25, -0.2) is 9.59 Å². The monoisotopic (exact) mass is 281 g/mol. The van der Waals surface area contributed by atoms with Crippen LogP contribution in [0.5, 0.6) is 5.06 Å². The predicted octanol–water partition coefficient (Wildman–Crippen LogP) is 3.47. The maximum Gasteiger partial charge on any atom is 0.340 e. The fourth-order valence-electron chi connectivity index (χ4n) is 1.84. The molecule has 6 heteroatoms. The van der Waals surface area contributed by atoms with Crippen molar-refractivity contribution in [3.05, 3.63) is 11.1 Å². The van der Waals surface area contributed by atoms with Crippen LogP contribution >= 0.6 is 11.3 Å². The summed E-state index contributed by atoms with van der Waals surface area (Å²) in [6.45, 7) is 5.54. The van der Waals surface area contributed by atoms with Gasteiger partial charge >= 0.3 is 5.97 Å². The fraction of sp³-hybridized carbons (Fsp3) is 0.538. The smallest absolute Gasteiger partial charge is 0.340 e. The average Bonchev–Trinajstić information content (AvgIpc) is 3.01. The van der Waals surface area contributed by atoms with Gasteiger partial charge in [0.2, 0.25) is 6.08 Å². The Labute approximate surface area is 114 Å². The quantitative estimate of drug-likeness (QED) is 0.677. The van der Waals surface area contributed by atoms with Crippen molar-refractivity contribution in [2.45, 2.75) is 45.1 Å². The third-order valence-electron chi connectivity index (χ3n) is 2.64. The first-order chi connectivity index (χ1) is 8.83. The van der Waals surface area contributed by atoms with Gasteiger partial charge in [0.15, 0.2) is 5.06 Å². The van der Waals surface area contributed by atoms with Gasteiger partial charge in [0, 0.05) is 5.56 Å². The Morgan fingerprint density at radius 1 is 1.47 bits per heavy atom. The molecule has 0 atom stereocenters. The first kappa shape index (κ1) is 13.8. The van der Waals surface area contributed by atoms with Crippen LogP contribution in [-0.4, -0.2) is 22.8 Å². The van der Waals surface area contributed by atoms with Crippen LogP contribution in [0, 0.1) is 0 Å². The lowest BCUT2D eigenvalue weighted by Crippen LogP contribution is -2.23. The van der Waals surface area contributed by atoms with Gasteiger partial charge in [0.05, 0.1) is 0 Å². The second-order valence-corrected chi connectivity index (χ2v) is 6.44. The van der Waals surface area contributed by atoms with Gasteiger partial charge in [-0.05, 0) is 39.5 Å². The van der Waals surface area contributed by atoms with E-state index in [1.807, 2.05) is 20.8 Å². The standard InChI is InChI=1S/C13H15NO4S/c1-13(2,3)18-12-9(11(16)17)8(7-4-5-7)10(19-12)14-6-15/h7H,4-5H2,1-3H3,(H,16,17). The number of rotatable bonds is 4. The van der Waals surface area contributed by atoms with Crippen LogP contribution in [0.25, 0.3) is 0 Å². The second kappa shape index (κ2) is 4.79. The molecule has 19 heavy (non-hydrogen) atoms. The molecule has 1 aromatic heterocycles. The maximum absolute atomic E-state index is 11.5. The molecular weight excluding hydrogens is 266 g/mol. The van der Waals surface area contributed by atoms with Gasteiger partial charge in [0.1, 0.15) is 16.2 Å². The highest BCUT2D eigenvalue weighted by Crippen LogP contribution is 2.53. The summed E-state index contributed by atoms with van der Waals surface area (Å²) in [4.78, 5) is 25.6. The van der Waals surface area contributed by atoms with Crippen molar-refractivity contribution in [3.8, 4) is 5.06 Å².